The Morgan fingerprint density at radius 2 is 1.65 bits per heavy atom. The molecule has 0 saturated carbocycles. The van der Waals surface area contributed by atoms with Crippen molar-refractivity contribution in [1.29, 1.82) is 0 Å². The Balaban J connectivity index is 2.72. The van der Waals surface area contributed by atoms with Gasteiger partial charge in [0.1, 0.15) is 0 Å². The molecule has 1 aromatic rings. The average Bonchev–Trinajstić information content (AvgIpc) is 2.46. The van der Waals surface area contributed by atoms with E-state index in [1.807, 2.05) is 17.0 Å². The smallest absolute Gasteiger partial charge is 0.307 e. The highest BCUT2D eigenvalue weighted by molar-refractivity contribution is 6.30. The minimum atomic E-state index is -0.296. The van der Waals surface area contributed by atoms with E-state index in [0.717, 1.165) is 5.69 Å². The van der Waals surface area contributed by atoms with Crippen molar-refractivity contribution in [2.45, 2.75) is 12.8 Å². The van der Waals surface area contributed by atoms with Gasteiger partial charge in [0, 0.05) is 23.8 Å². The van der Waals surface area contributed by atoms with Crippen LogP contribution in [0.4, 0.5) is 5.69 Å². The number of carbonyl (C=O) groups excluding carboxylic acids is 2. The van der Waals surface area contributed by atoms with Crippen molar-refractivity contribution in [1.82, 2.24) is 0 Å². The van der Waals surface area contributed by atoms with E-state index in [-0.39, 0.29) is 24.8 Å². The Bertz CT molecular complexity index is 444. The Morgan fingerprint density at radius 1 is 1.10 bits per heavy atom. The summed E-state index contributed by atoms with van der Waals surface area (Å²) in [5.41, 5.74) is 0.852. The topological polar surface area (TPSA) is 55.8 Å². The van der Waals surface area contributed by atoms with Gasteiger partial charge in [0.15, 0.2) is 0 Å². The van der Waals surface area contributed by atoms with Crippen molar-refractivity contribution in [3.8, 4) is 0 Å². The van der Waals surface area contributed by atoms with Crippen LogP contribution < -0.4 is 4.90 Å². The number of halogens is 1. The van der Waals surface area contributed by atoms with Crippen LogP contribution in [0.15, 0.2) is 24.3 Å². The highest BCUT2D eigenvalue weighted by atomic mass is 35.5. The van der Waals surface area contributed by atoms with Gasteiger partial charge in [-0.15, -0.1) is 0 Å². The minimum Gasteiger partial charge on any atom is -0.469 e. The van der Waals surface area contributed by atoms with Gasteiger partial charge in [0.2, 0.25) is 0 Å². The largest absolute Gasteiger partial charge is 0.469 e. The fourth-order valence-corrected chi connectivity index (χ4v) is 1.88. The second-order valence-electron chi connectivity index (χ2n) is 4.12. The molecule has 0 aliphatic heterocycles. The molecule has 110 valence electrons. The number of hydrogen-bond acceptors (Lipinski definition) is 5. The summed E-state index contributed by atoms with van der Waals surface area (Å²) in [5.74, 6) is -0.592. The SMILES string of the molecule is COC(=O)CCN(CCC(=O)OC)c1cccc(Cl)c1. The molecular formula is C14H18ClNO4. The first-order valence-corrected chi connectivity index (χ1v) is 6.58. The lowest BCUT2D eigenvalue weighted by Crippen LogP contribution is -2.29. The van der Waals surface area contributed by atoms with Crippen LogP contribution in [0.1, 0.15) is 12.8 Å². The van der Waals surface area contributed by atoms with Gasteiger partial charge in [0.25, 0.3) is 0 Å². The molecule has 0 radical (unpaired) electrons. The van der Waals surface area contributed by atoms with E-state index < -0.39 is 0 Å². The molecule has 0 fully saturated rings. The van der Waals surface area contributed by atoms with E-state index in [1.54, 1.807) is 12.1 Å². The fourth-order valence-electron chi connectivity index (χ4n) is 1.70. The van der Waals surface area contributed by atoms with Crippen LogP contribution in [0.3, 0.4) is 0 Å². The lowest BCUT2D eigenvalue weighted by atomic mass is 10.2. The summed E-state index contributed by atoms with van der Waals surface area (Å²) in [6.07, 6.45) is 0.481. The van der Waals surface area contributed by atoms with E-state index in [9.17, 15) is 9.59 Å². The predicted octanol–water partition coefficient (Wildman–Crippen LogP) is 2.27. The van der Waals surface area contributed by atoms with Gasteiger partial charge in [-0.05, 0) is 18.2 Å². The number of esters is 2. The number of hydrogen-bond donors (Lipinski definition) is 0. The normalized spacial score (nSPS) is 9.95. The van der Waals surface area contributed by atoms with Crippen molar-refractivity contribution < 1.29 is 19.1 Å². The third-order valence-electron chi connectivity index (χ3n) is 2.80. The van der Waals surface area contributed by atoms with Crippen molar-refractivity contribution in [3.05, 3.63) is 29.3 Å². The molecule has 1 aromatic carbocycles. The molecule has 0 bridgehead atoms. The standard InChI is InChI=1S/C14H18ClNO4/c1-19-13(17)6-8-16(9-7-14(18)20-2)12-5-3-4-11(15)10-12/h3-5,10H,6-9H2,1-2H3. The first kappa shape index (κ1) is 16.3. The number of nitrogens with zero attached hydrogens (tertiary/aromatic N) is 1. The number of rotatable bonds is 7. The Kier molecular flexibility index (Phi) is 6.87. The second-order valence-corrected chi connectivity index (χ2v) is 4.56. The van der Waals surface area contributed by atoms with Crippen molar-refractivity contribution in [2.24, 2.45) is 0 Å². The lowest BCUT2D eigenvalue weighted by Gasteiger charge is -2.24. The molecule has 0 unspecified atom stereocenters. The van der Waals surface area contributed by atoms with Crippen LogP contribution in [0, 0.1) is 0 Å². The molecule has 6 heteroatoms. The Morgan fingerprint density at radius 3 is 2.10 bits per heavy atom. The maximum absolute atomic E-state index is 11.2. The van der Waals surface area contributed by atoms with Gasteiger partial charge >= 0.3 is 11.9 Å². The third-order valence-corrected chi connectivity index (χ3v) is 3.04. The molecule has 0 aliphatic carbocycles. The highest BCUT2D eigenvalue weighted by Crippen LogP contribution is 2.20. The molecule has 5 nitrogen and oxygen atoms in total. The van der Waals surface area contributed by atoms with Gasteiger partial charge in [-0.3, -0.25) is 9.59 Å². The quantitative estimate of drug-likeness (QED) is 0.723. The molecule has 0 amide bonds. The first-order chi connectivity index (χ1) is 9.56. The summed E-state index contributed by atoms with van der Waals surface area (Å²) in [4.78, 5) is 24.4. The molecule has 0 aromatic heterocycles. The van der Waals surface area contributed by atoms with E-state index in [1.165, 1.54) is 14.2 Å². The number of benzene rings is 1. The molecular weight excluding hydrogens is 282 g/mol. The number of ether oxygens (including phenoxy) is 2. The summed E-state index contributed by atoms with van der Waals surface area (Å²) in [7, 11) is 2.70. The Hall–Kier alpha value is -1.75. The van der Waals surface area contributed by atoms with Crippen LogP contribution in [-0.2, 0) is 19.1 Å². The predicted molar refractivity (Wildman–Crippen MR) is 76.9 cm³/mol. The lowest BCUT2D eigenvalue weighted by molar-refractivity contribution is -0.140. The molecule has 0 atom stereocenters. The Labute approximate surface area is 123 Å². The van der Waals surface area contributed by atoms with Crippen molar-refractivity contribution in [3.63, 3.8) is 0 Å². The highest BCUT2D eigenvalue weighted by Gasteiger charge is 2.12. The molecule has 0 aliphatic rings. The zero-order valence-corrected chi connectivity index (χ0v) is 12.4. The zero-order chi connectivity index (χ0) is 15.0. The van der Waals surface area contributed by atoms with Gasteiger partial charge in [-0.2, -0.15) is 0 Å². The van der Waals surface area contributed by atoms with Crippen LogP contribution in [0.5, 0.6) is 0 Å². The van der Waals surface area contributed by atoms with Gasteiger partial charge in [-0.1, -0.05) is 17.7 Å². The van der Waals surface area contributed by atoms with Crippen molar-refractivity contribution in [2.75, 3.05) is 32.2 Å². The molecule has 0 spiro atoms. The van der Waals surface area contributed by atoms with Crippen LogP contribution in [-0.4, -0.2) is 39.2 Å². The molecule has 0 saturated heterocycles. The maximum atomic E-state index is 11.2. The number of carbonyl (C=O) groups is 2. The van der Waals surface area contributed by atoms with Crippen LogP contribution in [0.25, 0.3) is 0 Å². The van der Waals surface area contributed by atoms with E-state index in [2.05, 4.69) is 9.47 Å². The third kappa shape index (κ3) is 5.48. The van der Waals surface area contributed by atoms with Crippen molar-refractivity contribution >= 4 is 29.2 Å². The second kappa shape index (κ2) is 8.43. The van der Waals surface area contributed by atoms with Crippen LogP contribution in [0.2, 0.25) is 5.02 Å². The summed E-state index contributed by atoms with van der Waals surface area (Å²) >= 11 is 5.96. The summed E-state index contributed by atoms with van der Waals surface area (Å²) in [6, 6.07) is 7.25. The number of methoxy groups -OCH3 is 2. The molecule has 1 rings (SSSR count). The molecule has 20 heavy (non-hydrogen) atoms. The number of anilines is 1. The summed E-state index contributed by atoms with van der Waals surface area (Å²) in [5, 5.41) is 0.601. The van der Waals surface area contributed by atoms with Gasteiger partial charge < -0.3 is 14.4 Å². The molecule has 0 heterocycles. The first-order valence-electron chi connectivity index (χ1n) is 6.21. The van der Waals surface area contributed by atoms with E-state index in [0.29, 0.717) is 18.1 Å². The zero-order valence-electron chi connectivity index (χ0n) is 11.6. The van der Waals surface area contributed by atoms with Gasteiger partial charge in [-0.25, -0.2) is 0 Å². The van der Waals surface area contributed by atoms with E-state index >= 15 is 0 Å². The minimum absolute atomic E-state index is 0.240. The van der Waals surface area contributed by atoms with Crippen LogP contribution >= 0.6 is 11.6 Å². The summed E-state index contributed by atoms with van der Waals surface area (Å²) < 4.78 is 9.25. The monoisotopic (exact) mass is 299 g/mol. The molecule has 0 N–H and O–H groups in total. The fraction of sp³-hybridized carbons (Fsp3) is 0.429. The summed E-state index contributed by atoms with van der Waals surface area (Å²) in [6.45, 7) is 0.897. The van der Waals surface area contributed by atoms with E-state index in [4.69, 9.17) is 11.6 Å². The maximum Gasteiger partial charge on any atom is 0.307 e. The van der Waals surface area contributed by atoms with Gasteiger partial charge in [0.05, 0.1) is 27.1 Å². The average molecular weight is 300 g/mol.